The highest BCUT2D eigenvalue weighted by Gasteiger charge is 2.23. The Morgan fingerprint density at radius 2 is 2.26 bits per heavy atom. The van der Waals surface area contributed by atoms with Crippen LogP contribution in [0.4, 0.5) is 0 Å². The van der Waals surface area contributed by atoms with Crippen LogP contribution in [0, 0.1) is 6.92 Å². The normalized spacial score (nSPS) is 16.9. The Kier molecular flexibility index (Phi) is 6.94. The number of nitrogens with zero attached hydrogens (tertiary/aromatic N) is 2. The first-order chi connectivity index (χ1) is 13.0. The van der Waals surface area contributed by atoms with Crippen LogP contribution in [0.1, 0.15) is 43.6 Å². The van der Waals surface area contributed by atoms with E-state index >= 15 is 0 Å². The van der Waals surface area contributed by atoms with Crippen molar-refractivity contribution < 1.29 is 9.53 Å². The number of amides is 1. The van der Waals surface area contributed by atoms with E-state index in [2.05, 4.69) is 12.2 Å². The molecule has 0 spiro atoms. The molecule has 2 aromatic heterocycles. The third-order valence-electron chi connectivity index (χ3n) is 4.75. The molecular weight excluding hydrogens is 382 g/mol. The second kappa shape index (κ2) is 9.21. The summed E-state index contributed by atoms with van der Waals surface area (Å²) in [6, 6.07) is 0. The van der Waals surface area contributed by atoms with Crippen molar-refractivity contribution in [1.82, 2.24) is 14.9 Å². The minimum absolute atomic E-state index is 0.00633. The molecular formula is C19H27N3O3S2. The van der Waals surface area contributed by atoms with Crippen LogP contribution in [0.25, 0.3) is 10.2 Å². The minimum atomic E-state index is -0.0310. The van der Waals surface area contributed by atoms with Gasteiger partial charge in [0.05, 0.1) is 23.8 Å². The molecule has 1 aliphatic heterocycles. The fourth-order valence-electron chi connectivity index (χ4n) is 3.37. The number of hydrogen-bond acceptors (Lipinski definition) is 6. The van der Waals surface area contributed by atoms with Crippen molar-refractivity contribution in [3.05, 3.63) is 20.8 Å². The molecule has 2 aromatic rings. The van der Waals surface area contributed by atoms with Gasteiger partial charge in [0.2, 0.25) is 5.91 Å². The minimum Gasteiger partial charge on any atom is -0.376 e. The number of nitrogens with one attached hydrogen (secondary N) is 1. The van der Waals surface area contributed by atoms with Gasteiger partial charge in [0, 0.05) is 18.0 Å². The molecule has 0 saturated carbocycles. The van der Waals surface area contributed by atoms with Crippen LogP contribution in [-0.2, 0) is 22.5 Å². The van der Waals surface area contributed by atoms with Gasteiger partial charge in [-0.15, -0.1) is 11.3 Å². The summed E-state index contributed by atoms with van der Waals surface area (Å²) in [5.74, 6) is 0.227. The number of rotatable bonds is 8. The fourth-order valence-corrected chi connectivity index (χ4v) is 5.36. The summed E-state index contributed by atoms with van der Waals surface area (Å²) >= 11 is 2.89. The summed E-state index contributed by atoms with van der Waals surface area (Å²) in [6.45, 7) is 8.04. The number of carbonyl (C=O) groups excluding carboxylic acids is 1. The van der Waals surface area contributed by atoms with Gasteiger partial charge in [-0.2, -0.15) is 0 Å². The van der Waals surface area contributed by atoms with Crippen molar-refractivity contribution >= 4 is 39.2 Å². The largest absolute Gasteiger partial charge is 0.376 e. The van der Waals surface area contributed by atoms with Gasteiger partial charge in [0.1, 0.15) is 4.83 Å². The van der Waals surface area contributed by atoms with Crippen LogP contribution in [0.5, 0.6) is 0 Å². The molecule has 0 radical (unpaired) electrons. The molecule has 0 bridgehead atoms. The van der Waals surface area contributed by atoms with Gasteiger partial charge in [-0.25, -0.2) is 4.98 Å². The number of ether oxygens (including phenoxy) is 1. The van der Waals surface area contributed by atoms with Gasteiger partial charge in [0.25, 0.3) is 5.56 Å². The van der Waals surface area contributed by atoms with Gasteiger partial charge < -0.3 is 10.1 Å². The number of aryl methyl sites for hydroxylation is 2. The predicted molar refractivity (Wildman–Crippen MR) is 111 cm³/mol. The molecule has 0 unspecified atom stereocenters. The molecule has 148 valence electrons. The highest BCUT2D eigenvalue weighted by Crippen LogP contribution is 2.30. The van der Waals surface area contributed by atoms with Crippen LogP contribution in [0.2, 0.25) is 0 Å². The van der Waals surface area contributed by atoms with E-state index in [4.69, 9.17) is 9.72 Å². The highest BCUT2D eigenvalue weighted by molar-refractivity contribution is 7.99. The first kappa shape index (κ1) is 20.4. The van der Waals surface area contributed by atoms with Crippen LogP contribution >= 0.6 is 23.1 Å². The summed E-state index contributed by atoms with van der Waals surface area (Å²) < 4.78 is 7.47. The van der Waals surface area contributed by atoms with Crippen molar-refractivity contribution in [1.29, 1.82) is 0 Å². The number of thiophene rings is 1. The molecule has 27 heavy (non-hydrogen) atoms. The number of aromatic nitrogens is 2. The lowest BCUT2D eigenvalue weighted by Gasteiger charge is -2.16. The van der Waals surface area contributed by atoms with E-state index in [-0.39, 0.29) is 23.3 Å². The first-order valence-electron chi connectivity index (χ1n) is 9.59. The number of fused-ring (bicyclic) bond motifs is 1. The van der Waals surface area contributed by atoms with Crippen molar-refractivity contribution in [2.75, 3.05) is 18.9 Å². The molecule has 1 atom stereocenters. The second-order valence-electron chi connectivity index (χ2n) is 6.75. The lowest BCUT2D eigenvalue weighted by Crippen LogP contribution is -2.30. The van der Waals surface area contributed by atoms with Gasteiger partial charge in [0.15, 0.2) is 5.16 Å². The first-order valence-corrected chi connectivity index (χ1v) is 11.4. The average molecular weight is 410 g/mol. The Morgan fingerprint density at radius 1 is 1.44 bits per heavy atom. The standard InChI is InChI=1S/C19H27N3O3S2/c1-4-8-20-15(23)11-26-19-21-17-16(14(5-2)12(3)27-17)18(24)22(19)10-13-7-6-9-25-13/h13H,4-11H2,1-3H3,(H,20,23)/t13-/m0/s1. The van der Waals surface area contributed by atoms with Crippen LogP contribution in [-0.4, -0.2) is 40.5 Å². The maximum Gasteiger partial charge on any atom is 0.263 e. The van der Waals surface area contributed by atoms with Crippen LogP contribution in [0.3, 0.4) is 0 Å². The maximum absolute atomic E-state index is 13.3. The Morgan fingerprint density at radius 3 is 2.93 bits per heavy atom. The molecule has 1 N–H and O–H groups in total. The van der Waals surface area contributed by atoms with E-state index in [9.17, 15) is 9.59 Å². The topological polar surface area (TPSA) is 73.2 Å². The van der Waals surface area contributed by atoms with Gasteiger partial charge in [-0.1, -0.05) is 25.6 Å². The summed E-state index contributed by atoms with van der Waals surface area (Å²) in [6.07, 6.45) is 3.73. The van der Waals surface area contributed by atoms with E-state index in [0.29, 0.717) is 18.2 Å². The predicted octanol–water partition coefficient (Wildman–Crippen LogP) is 3.13. The van der Waals surface area contributed by atoms with E-state index in [1.165, 1.54) is 11.8 Å². The molecule has 0 aliphatic carbocycles. The SMILES string of the molecule is CCCNC(=O)CSc1nc2sc(C)c(CC)c2c(=O)n1C[C@@H]1CCCO1. The summed E-state index contributed by atoms with van der Waals surface area (Å²) in [4.78, 5) is 32.0. The van der Waals surface area contributed by atoms with Crippen LogP contribution < -0.4 is 10.9 Å². The van der Waals surface area contributed by atoms with E-state index < -0.39 is 0 Å². The van der Waals surface area contributed by atoms with E-state index in [0.717, 1.165) is 52.9 Å². The van der Waals surface area contributed by atoms with Gasteiger partial charge >= 0.3 is 0 Å². The second-order valence-corrected chi connectivity index (χ2v) is 8.90. The van der Waals surface area contributed by atoms with Gasteiger partial charge in [-0.05, 0) is 38.2 Å². The third kappa shape index (κ3) is 4.55. The van der Waals surface area contributed by atoms with Crippen molar-refractivity contribution in [3.8, 4) is 0 Å². The van der Waals surface area contributed by atoms with Crippen molar-refractivity contribution in [3.63, 3.8) is 0 Å². The molecule has 1 aliphatic rings. The van der Waals surface area contributed by atoms with Crippen molar-refractivity contribution in [2.24, 2.45) is 0 Å². The maximum atomic E-state index is 13.3. The quantitative estimate of drug-likeness (QED) is 0.536. The van der Waals surface area contributed by atoms with Crippen LogP contribution in [0.15, 0.2) is 9.95 Å². The molecule has 1 amide bonds. The Hall–Kier alpha value is -1.38. The smallest absolute Gasteiger partial charge is 0.263 e. The fraction of sp³-hybridized carbons (Fsp3) is 0.632. The molecule has 1 fully saturated rings. The molecule has 0 aromatic carbocycles. The monoisotopic (exact) mass is 409 g/mol. The number of thioether (sulfide) groups is 1. The zero-order valence-corrected chi connectivity index (χ0v) is 17.8. The number of hydrogen-bond donors (Lipinski definition) is 1. The van der Waals surface area contributed by atoms with Crippen molar-refractivity contribution in [2.45, 2.75) is 64.3 Å². The number of carbonyl (C=O) groups is 1. The van der Waals surface area contributed by atoms with Gasteiger partial charge in [-0.3, -0.25) is 14.2 Å². The summed E-state index contributed by atoms with van der Waals surface area (Å²) in [7, 11) is 0. The van der Waals surface area contributed by atoms with E-state index in [1.54, 1.807) is 15.9 Å². The lowest BCUT2D eigenvalue weighted by molar-refractivity contribution is -0.118. The van der Waals surface area contributed by atoms with E-state index in [1.807, 2.05) is 13.8 Å². The molecule has 3 heterocycles. The molecule has 3 rings (SSSR count). The molecule has 6 nitrogen and oxygen atoms in total. The Bertz CT molecular complexity index is 869. The highest BCUT2D eigenvalue weighted by atomic mass is 32.2. The molecule has 1 saturated heterocycles. The summed E-state index contributed by atoms with van der Waals surface area (Å²) in [5, 5.41) is 4.22. The zero-order chi connectivity index (χ0) is 19.4. The summed E-state index contributed by atoms with van der Waals surface area (Å²) in [5.41, 5.74) is 1.08. The Labute approximate surface area is 167 Å². The Balaban J connectivity index is 1.96. The third-order valence-corrected chi connectivity index (χ3v) is 6.76. The lowest BCUT2D eigenvalue weighted by atomic mass is 10.1. The average Bonchev–Trinajstić information content (AvgIpc) is 3.27. The molecule has 8 heteroatoms. The zero-order valence-electron chi connectivity index (χ0n) is 16.2.